The van der Waals surface area contributed by atoms with Gasteiger partial charge in [-0.1, -0.05) is 0 Å². The average Bonchev–Trinajstić information content (AvgIpc) is 3.11. The van der Waals surface area contributed by atoms with Gasteiger partial charge in [0.1, 0.15) is 0 Å². The number of rotatable bonds is 2. The fraction of sp³-hybridized carbons (Fsp3) is 0.312. The van der Waals surface area contributed by atoms with Crippen molar-refractivity contribution in [2.24, 2.45) is 0 Å². The van der Waals surface area contributed by atoms with E-state index in [1.54, 1.807) is 12.3 Å². The molecule has 0 bridgehead atoms. The second kappa shape index (κ2) is 4.98. The lowest BCUT2D eigenvalue weighted by atomic mass is 10.1. The third-order valence-electron chi connectivity index (χ3n) is 3.49. The van der Waals surface area contributed by atoms with E-state index < -0.39 is 5.97 Å². The fourth-order valence-electron chi connectivity index (χ4n) is 2.27. The standard InChI is InChI=1S/C16H18N4O2/c1-16(2,3)20-10-12(9-18-20)19-6-5-13-14(19)7-11(8-17-13)15(21)22-4/h5-10H,1-4H3. The number of ether oxygens (including phenoxy) is 1. The molecule has 0 spiro atoms. The highest BCUT2D eigenvalue weighted by atomic mass is 16.5. The third-order valence-corrected chi connectivity index (χ3v) is 3.49. The van der Waals surface area contributed by atoms with Gasteiger partial charge in [0, 0.05) is 18.6 Å². The normalized spacial score (nSPS) is 11.8. The van der Waals surface area contributed by atoms with Gasteiger partial charge in [-0.3, -0.25) is 9.67 Å². The lowest BCUT2D eigenvalue weighted by molar-refractivity contribution is 0.0600. The van der Waals surface area contributed by atoms with E-state index in [2.05, 4.69) is 30.9 Å². The van der Waals surface area contributed by atoms with Gasteiger partial charge in [-0.25, -0.2) is 4.79 Å². The van der Waals surface area contributed by atoms with E-state index in [1.165, 1.54) is 13.3 Å². The smallest absolute Gasteiger partial charge is 0.339 e. The van der Waals surface area contributed by atoms with Crippen molar-refractivity contribution in [1.82, 2.24) is 19.3 Å². The maximum Gasteiger partial charge on any atom is 0.339 e. The highest BCUT2D eigenvalue weighted by molar-refractivity contribution is 5.93. The maximum atomic E-state index is 11.7. The van der Waals surface area contributed by atoms with Crippen molar-refractivity contribution in [3.8, 4) is 5.69 Å². The summed E-state index contributed by atoms with van der Waals surface area (Å²) in [4.78, 5) is 16.0. The molecule has 114 valence electrons. The predicted octanol–water partition coefficient (Wildman–Crippen LogP) is 2.76. The number of aromatic nitrogens is 4. The van der Waals surface area contributed by atoms with E-state index in [0.717, 1.165) is 16.7 Å². The molecule has 0 radical (unpaired) electrons. The molecule has 0 amide bonds. The van der Waals surface area contributed by atoms with Crippen LogP contribution >= 0.6 is 0 Å². The molecule has 3 aromatic rings. The van der Waals surface area contributed by atoms with Gasteiger partial charge in [0.05, 0.1) is 41.1 Å². The Labute approximate surface area is 128 Å². The molecule has 0 aromatic carbocycles. The van der Waals surface area contributed by atoms with Gasteiger partial charge in [0.15, 0.2) is 0 Å². The monoisotopic (exact) mass is 298 g/mol. The van der Waals surface area contributed by atoms with Crippen LogP contribution in [0.3, 0.4) is 0 Å². The Balaban J connectivity index is 2.11. The van der Waals surface area contributed by atoms with Gasteiger partial charge in [0.25, 0.3) is 0 Å². The lowest BCUT2D eigenvalue weighted by Crippen LogP contribution is -2.21. The Morgan fingerprint density at radius 1 is 1.27 bits per heavy atom. The number of fused-ring (bicyclic) bond motifs is 1. The zero-order valence-corrected chi connectivity index (χ0v) is 13.1. The molecule has 22 heavy (non-hydrogen) atoms. The average molecular weight is 298 g/mol. The molecule has 0 aliphatic rings. The molecule has 3 heterocycles. The van der Waals surface area contributed by atoms with Gasteiger partial charge in [-0.2, -0.15) is 5.10 Å². The third kappa shape index (κ3) is 2.36. The van der Waals surface area contributed by atoms with E-state index in [9.17, 15) is 4.79 Å². The molecule has 0 N–H and O–H groups in total. The van der Waals surface area contributed by atoms with Crippen molar-refractivity contribution in [2.75, 3.05) is 7.11 Å². The van der Waals surface area contributed by atoms with Crippen LogP contribution in [0.25, 0.3) is 16.7 Å². The Kier molecular flexibility index (Phi) is 3.24. The summed E-state index contributed by atoms with van der Waals surface area (Å²) in [7, 11) is 1.36. The first kappa shape index (κ1) is 14.3. The van der Waals surface area contributed by atoms with E-state index >= 15 is 0 Å². The number of methoxy groups -OCH3 is 1. The molecule has 6 nitrogen and oxygen atoms in total. The number of hydrogen-bond donors (Lipinski definition) is 0. The molecule has 0 fully saturated rings. The van der Waals surface area contributed by atoms with Crippen LogP contribution in [0.1, 0.15) is 31.1 Å². The first-order valence-corrected chi connectivity index (χ1v) is 7.01. The number of esters is 1. The van der Waals surface area contributed by atoms with Gasteiger partial charge in [0.2, 0.25) is 0 Å². The van der Waals surface area contributed by atoms with Crippen molar-refractivity contribution in [2.45, 2.75) is 26.3 Å². The van der Waals surface area contributed by atoms with Crippen LogP contribution in [0, 0.1) is 0 Å². The van der Waals surface area contributed by atoms with Crippen LogP contribution < -0.4 is 0 Å². The first-order valence-electron chi connectivity index (χ1n) is 7.01. The minimum atomic E-state index is -0.396. The van der Waals surface area contributed by atoms with E-state index in [-0.39, 0.29) is 5.54 Å². The van der Waals surface area contributed by atoms with Gasteiger partial charge in [-0.15, -0.1) is 0 Å². The topological polar surface area (TPSA) is 61.9 Å². The van der Waals surface area contributed by atoms with Crippen LogP contribution in [0.15, 0.2) is 36.9 Å². The van der Waals surface area contributed by atoms with Crippen LogP contribution in [-0.4, -0.2) is 32.4 Å². The Hall–Kier alpha value is -2.63. The second-order valence-electron chi connectivity index (χ2n) is 6.12. The van der Waals surface area contributed by atoms with Crippen molar-refractivity contribution in [3.05, 3.63) is 42.5 Å². The molecule has 6 heteroatoms. The van der Waals surface area contributed by atoms with Crippen molar-refractivity contribution >= 4 is 17.0 Å². The Bertz CT molecular complexity index is 839. The predicted molar refractivity (Wildman–Crippen MR) is 83.2 cm³/mol. The summed E-state index contributed by atoms with van der Waals surface area (Å²) in [5, 5.41) is 4.41. The summed E-state index contributed by atoms with van der Waals surface area (Å²) in [5.41, 5.74) is 2.93. The Morgan fingerprint density at radius 2 is 2.05 bits per heavy atom. The molecule has 0 saturated carbocycles. The molecule has 0 saturated heterocycles. The minimum Gasteiger partial charge on any atom is -0.465 e. The number of nitrogens with zero attached hydrogens (tertiary/aromatic N) is 4. The maximum absolute atomic E-state index is 11.7. The molecule has 0 aliphatic heterocycles. The lowest BCUT2D eigenvalue weighted by Gasteiger charge is -2.18. The van der Waals surface area contributed by atoms with Crippen molar-refractivity contribution in [3.63, 3.8) is 0 Å². The van der Waals surface area contributed by atoms with E-state index in [0.29, 0.717) is 5.56 Å². The summed E-state index contributed by atoms with van der Waals surface area (Å²) >= 11 is 0. The summed E-state index contributed by atoms with van der Waals surface area (Å²) in [6.45, 7) is 6.28. The van der Waals surface area contributed by atoms with Crippen molar-refractivity contribution in [1.29, 1.82) is 0 Å². The quantitative estimate of drug-likeness (QED) is 0.682. The van der Waals surface area contributed by atoms with Gasteiger partial charge >= 0.3 is 5.97 Å². The van der Waals surface area contributed by atoms with Crippen LogP contribution in [0.4, 0.5) is 0 Å². The van der Waals surface area contributed by atoms with E-state index in [1.807, 2.05) is 27.7 Å². The molecular weight excluding hydrogens is 280 g/mol. The highest BCUT2D eigenvalue weighted by Crippen LogP contribution is 2.22. The summed E-state index contributed by atoms with van der Waals surface area (Å²) < 4.78 is 8.62. The molecule has 3 aromatic heterocycles. The minimum absolute atomic E-state index is 0.0867. The fourth-order valence-corrected chi connectivity index (χ4v) is 2.27. The summed E-state index contributed by atoms with van der Waals surface area (Å²) in [5.74, 6) is -0.396. The molecule has 0 atom stereocenters. The number of carbonyl (C=O) groups excluding carboxylic acids is 1. The zero-order valence-electron chi connectivity index (χ0n) is 13.1. The largest absolute Gasteiger partial charge is 0.465 e. The summed E-state index contributed by atoms with van der Waals surface area (Å²) in [6, 6.07) is 3.69. The van der Waals surface area contributed by atoms with E-state index in [4.69, 9.17) is 4.74 Å². The number of pyridine rings is 1. The molecule has 3 rings (SSSR count). The highest BCUT2D eigenvalue weighted by Gasteiger charge is 2.16. The SMILES string of the molecule is COC(=O)c1cnc2ccn(-c3cnn(C(C)(C)C)c3)c2c1. The van der Waals surface area contributed by atoms with Gasteiger partial charge < -0.3 is 9.30 Å². The van der Waals surface area contributed by atoms with Crippen LogP contribution in [0.2, 0.25) is 0 Å². The van der Waals surface area contributed by atoms with Crippen LogP contribution in [-0.2, 0) is 10.3 Å². The molecular formula is C16H18N4O2. The second-order valence-corrected chi connectivity index (χ2v) is 6.12. The Morgan fingerprint density at radius 3 is 2.68 bits per heavy atom. The zero-order chi connectivity index (χ0) is 15.9. The van der Waals surface area contributed by atoms with Gasteiger partial charge in [-0.05, 0) is 32.9 Å². The molecule has 0 aliphatic carbocycles. The van der Waals surface area contributed by atoms with Crippen LogP contribution in [0.5, 0.6) is 0 Å². The first-order chi connectivity index (χ1) is 10.4. The number of carbonyl (C=O) groups is 1. The summed E-state index contributed by atoms with van der Waals surface area (Å²) in [6.07, 6.45) is 7.22. The van der Waals surface area contributed by atoms with Crippen molar-refractivity contribution < 1.29 is 9.53 Å². The number of hydrogen-bond acceptors (Lipinski definition) is 4. The molecule has 0 unspecified atom stereocenters.